The Hall–Kier alpha value is -1.36. The molecule has 0 fully saturated rings. The molecule has 1 aromatic rings. The minimum Gasteiger partial charge on any atom is -0.505 e. The van der Waals surface area contributed by atoms with Gasteiger partial charge in [-0.25, -0.2) is 0 Å². The lowest BCUT2D eigenvalue weighted by Crippen LogP contribution is -2.07. The molecule has 1 atom stereocenters. The highest BCUT2D eigenvalue weighted by atomic mass is 19.2. The number of halogens is 2. The summed E-state index contributed by atoms with van der Waals surface area (Å²) in [6, 6.07) is 0.581. The van der Waals surface area contributed by atoms with Crippen molar-refractivity contribution in [2.75, 3.05) is 7.11 Å². The lowest BCUT2D eigenvalue weighted by molar-refractivity contribution is 0.351. The monoisotopic (exact) mass is 203 g/mol. The molecule has 0 aromatic heterocycles. The second-order valence-electron chi connectivity index (χ2n) is 2.93. The molecule has 0 aliphatic heterocycles. The van der Waals surface area contributed by atoms with Crippen molar-refractivity contribution in [3.8, 4) is 11.5 Å². The summed E-state index contributed by atoms with van der Waals surface area (Å²) in [6.07, 6.45) is 0. The summed E-state index contributed by atoms with van der Waals surface area (Å²) < 4.78 is 30.6. The molecule has 0 spiro atoms. The number of phenolic OH excluding ortho intramolecular Hbond substituents is 1. The number of hydrogen-bond donors (Lipinski definition) is 2. The first-order valence-corrected chi connectivity index (χ1v) is 3.99. The third-order valence-corrected chi connectivity index (χ3v) is 1.89. The predicted octanol–water partition coefficient (Wildman–Crippen LogP) is 1.70. The van der Waals surface area contributed by atoms with Crippen LogP contribution < -0.4 is 10.5 Å². The van der Waals surface area contributed by atoms with Crippen molar-refractivity contribution >= 4 is 0 Å². The van der Waals surface area contributed by atoms with Gasteiger partial charge in [-0.3, -0.25) is 0 Å². The molecule has 0 amide bonds. The smallest absolute Gasteiger partial charge is 0.204 e. The summed E-state index contributed by atoms with van der Waals surface area (Å²) in [7, 11) is 1.21. The van der Waals surface area contributed by atoms with Crippen molar-refractivity contribution in [3.05, 3.63) is 23.3 Å². The fraction of sp³-hybridized carbons (Fsp3) is 0.333. The zero-order valence-corrected chi connectivity index (χ0v) is 7.84. The van der Waals surface area contributed by atoms with Gasteiger partial charge >= 0.3 is 0 Å². The lowest BCUT2D eigenvalue weighted by Gasteiger charge is -2.12. The van der Waals surface area contributed by atoms with Crippen LogP contribution in [-0.4, -0.2) is 12.2 Å². The van der Waals surface area contributed by atoms with Crippen LogP contribution in [0, 0.1) is 11.6 Å². The van der Waals surface area contributed by atoms with E-state index in [-0.39, 0.29) is 11.3 Å². The molecule has 0 aliphatic carbocycles. The summed E-state index contributed by atoms with van der Waals surface area (Å²) >= 11 is 0. The molecule has 5 heteroatoms. The quantitative estimate of drug-likeness (QED) is 0.769. The maximum atomic E-state index is 13.0. The Morgan fingerprint density at radius 3 is 2.43 bits per heavy atom. The standard InChI is InChI=1S/C9H11F2NO2/c1-4(12)5-3-6(14-2)7(10)8(11)9(5)13/h3-4,13H,12H2,1-2H3. The molecule has 78 valence electrons. The SMILES string of the molecule is COc1cc(C(C)N)c(O)c(F)c1F. The molecule has 1 rings (SSSR count). The largest absolute Gasteiger partial charge is 0.505 e. The minimum absolute atomic E-state index is 0.112. The van der Waals surface area contributed by atoms with E-state index < -0.39 is 23.4 Å². The van der Waals surface area contributed by atoms with Crippen LogP contribution in [0.4, 0.5) is 8.78 Å². The number of methoxy groups -OCH3 is 1. The van der Waals surface area contributed by atoms with E-state index >= 15 is 0 Å². The average Bonchev–Trinajstić information content (AvgIpc) is 2.14. The normalized spacial score (nSPS) is 12.6. The van der Waals surface area contributed by atoms with Gasteiger partial charge in [-0.05, 0) is 13.0 Å². The first kappa shape index (κ1) is 10.7. The van der Waals surface area contributed by atoms with E-state index in [2.05, 4.69) is 4.74 Å². The summed E-state index contributed by atoms with van der Waals surface area (Å²) in [5.41, 5.74) is 5.56. The first-order valence-electron chi connectivity index (χ1n) is 3.99. The highest BCUT2D eigenvalue weighted by molar-refractivity contribution is 5.43. The molecule has 0 aliphatic rings. The number of aromatic hydroxyl groups is 1. The van der Waals surface area contributed by atoms with Gasteiger partial charge in [0.25, 0.3) is 0 Å². The summed E-state index contributed by atoms with van der Waals surface area (Å²) in [5.74, 6) is -3.59. The molecular weight excluding hydrogens is 192 g/mol. The molecule has 0 saturated heterocycles. The van der Waals surface area contributed by atoms with Crippen LogP contribution in [0.15, 0.2) is 6.07 Å². The Kier molecular flexibility index (Phi) is 2.90. The maximum Gasteiger partial charge on any atom is 0.204 e. The van der Waals surface area contributed by atoms with E-state index in [4.69, 9.17) is 5.73 Å². The molecule has 14 heavy (non-hydrogen) atoms. The molecule has 0 radical (unpaired) electrons. The van der Waals surface area contributed by atoms with Gasteiger partial charge in [-0.1, -0.05) is 0 Å². The van der Waals surface area contributed by atoms with Crippen LogP contribution in [0.1, 0.15) is 18.5 Å². The van der Waals surface area contributed by atoms with E-state index in [1.807, 2.05) is 0 Å². The van der Waals surface area contributed by atoms with Crippen LogP contribution in [-0.2, 0) is 0 Å². The van der Waals surface area contributed by atoms with Gasteiger partial charge in [0.1, 0.15) is 0 Å². The van der Waals surface area contributed by atoms with Crippen LogP contribution in [0.5, 0.6) is 11.5 Å². The highest BCUT2D eigenvalue weighted by Gasteiger charge is 2.20. The van der Waals surface area contributed by atoms with Crippen LogP contribution in [0.3, 0.4) is 0 Å². The Morgan fingerprint density at radius 1 is 1.43 bits per heavy atom. The van der Waals surface area contributed by atoms with Gasteiger partial charge in [0.15, 0.2) is 11.5 Å². The third kappa shape index (κ3) is 1.63. The van der Waals surface area contributed by atoms with E-state index in [1.54, 1.807) is 6.92 Å². The molecule has 3 nitrogen and oxygen atoms in total. The number of phenols is 1. The van der Waals surface area contributed by atoms with Crippen molar-refractivity contribution in [3.63, 3.8) is 0 Å². The van der Waals surface area contributed by atoms with Gasteiger partial charge in [-0.2, -0.15) is 8.78 Å². The van der Waals surface area contributed by atoms with E-state index in [0.29, 0.717) is 0 Å². The number of ether oxygens (including phenoxy) is 1. The van der Waals surface area contributed by atoms with Gasteiger partial charge in [-0.15, -0.1) is 0 Å². The summed E-state index contributed by atoms with van der Waals surface area (Å²) in [4.78, 5) is 0. The van der Waals surface area contributed by atoms with E-state index in [1.165, 1.54) is 13.2 Å². The highest BCUT2D eigenvalue weighted by Crippen LogP contribution is 2.33. The molecule has 1 aromatic carbocycles. The van der Waals surface area contributed by atoms with Gasteiger partial charge in [0.05, 0.1) is 7.11 Å². The Morgan fingerprint density at radius 2 is 2.00 bits per heavy atom. The number of rotatable bonds is 2. The third-order valence-electron chi connectivity index (χ3n) is 1.89. The van der Waals surface area contributed by atoms with Crippen molar-refractivity contribution in [2.45, 2.75) is 13.0 Å². The van der Waals surface area contributed by atoms with Crippen molar-refractivity contribution in [1.29, 1.82) is 0 Å². The lowest BCUT2D eigenvalue weighted by atomic mass is 10.1. The van der Waals surface area contributed by atoms with Gasteiger partial charge < -0.3 is 15.6 Å². The van der Waals surface area contributed by atoms with Gasteiger partial charge in [0, 0.05) is 11.6 Å². The molecular formula is C9H11F2NO2. The maximum absolute atomic E-state index is 13.0. The van der Waals surface area contributed by atoms with Crippen LogP contribution in [0.2, 0.25) is 0 Å². The molecule has 0 saturated carbocycles. The van der Waals surface area contributed by atoms with Crippen molar-refractivity contribution in [1.82, 2.24) is 0 Å². The zero-order chi connectivity index (χ0) is 10.9. The topological polar surface area (TPSA) is 55.5 Å². The Labute approximate surface area is 80.1 Å². The summed E-state index contributed by atoms with van der Waals surface area (Å²) in [6.45, 7) is 1.55. The molecule has 1 unspecified atom stereocenters. The average molecular weight is 203 g/mol. The molecule has 0 bridgehead atoms. The Balaban J connectivity index is 3.40. The van der Waals surface area contributed by atoms with Crippen molar-refractivity contribution < 1.29 is 18.6 Å². The second-order valence-corrected chi connectivity index (χ2v) is 2.93. The van der Waals surface area contributed by atoms with Crippen molar-refractivity contribution in [2.24, 2.45) is 5.73 Å². The predicted molar refractivity (Wildman–Crippen MR) is 47.2 cm³/mol. The van der Waals surface area contributed by atoms with Crippen LogP contribution >= 0.6 is 0 Å². The summed E-state index contributed by atoms with van der Waals surface area (Å²) in [5, 5.41) is 9.22. The van der Waals surface area contributed by atoms with Crippen LogP contribution in [0.25, 0.3) is 0 Å². The second kappa shape index (κ2) is 3.79. The molecule has 0 heterocycles. The fourth-order valence-corrected chi connectivity index (χ4v) is 1.11. The number of nitrogens with two attached hydrogens (primary N) is 1. The minimum atomic E-state index is -1.34. The molecule has 3 N–H and O–H groups in total. The Bertz CT molecular complexity index is 353. The van der Waals surface area contributed by atoms with Gasteiger partial charge in [0.2, 0.25) is 11.6 Å². The first-order chi connectivity index (χ1) is 6.49. The zero-order valence-electron chi connectivity index (χ0n) is 7.84. The fourth-order valence-electron chi connectivity index (χ4n) is 1.11. The number of benzene rings is 1. The number of hydrogen-bond acceptors (Lipinski definition) is 3. The van der Waals surface area contributed by atoms with E-state index in [0.717, 1.165) is 0 Å². The van der Waals surface area contributed by atoms with E-state index in [9.17, 15) is 13.9 Å².